The molecule has 0 spiro atoms. The van der Waals surface area contributed by atoms with Gasteiger partial charge in [-0.25, -0.2) is 0 Å². The molecule has 0 saturated carbocycles. The van der Waals surface area contributed by atoms with Crippen LogP contribution in [0.4, 0.5) is 0 Å². The SMILES string of the molecule is O=CCCCCCN(CC(COC(CO)CO)COC(CO)CO)CC(COC(CO)CO)COC(CO)CO. The first kappa shape index (κ1) is 39.1. The van der Waals surface area contributed by atoms with Gasteiger partial charge in [0.15, 0.2) is 0 Å². The number of rotatable bonds is 30. The molecule has 0 aromatic rings. The lowest BCUT2D eigenvalue weighted by atomic mass is 10.1. The third kappa shape index (κ3) is 19.3. The van der Waals surface area contributed by atoms with E-state index in [1.807, 2.05) is 0 Å². The molecule has 0 unspecified atom stereocenters. The molecule has 0 radical (unpaired) electrons. The molecule has 0 atom stereocenters. The molecular weight excluding hydrogens is 534 g/mol. The van der Waals surface area contributed by atoms with Crippen LogP contribution in [0.25, 0.3) is 0 Å². The summed E-state index contributed by atoms with van der Waals surface area (Å²) in [7, 11) is 0. The molecule has 0 saturated heterocycles. The van der Waals surface area contributed by atoms with Crippen LogP contribution in [0.5, 0.6) is 0 Å². The van der Waals surface area contributed by atoms with E-state index in [2.05, 4.69) is 4.90 Å². The Hall–Kier alpha value is -0.850. The number of aldehydes is 1. The monoisotopic (exact) mass is 587 g/mol. The molecule has 0 fully saturated rings. The van der Waals surface area contributed by atoms with E-state index in [1.54, 1.807) is 0 Å². The number of nitrogens with zero attached hydrogens (tertiary/aromatic N) is 1. The zero-order valence-corrected chi connectivity index (χ0v) is 23.5. The van der Waals surface area contributed by atoms with Crippen LogP contribution in [0.15, 0.2) is 0 Å². The number of ether oxygens (including phenoxy) is 4. The Morgan fingerprint density at radius 2 is 0.825 bits per heavy atom. The highest BCUT2D eigenvalue weighted by Crippen LogP contribution is 2.14. The van der Waals surface area contributed by atoms with Crippen LogP contribution in [0.3, 0.4) is 0 Å². The van der Waals surface area contributed by atoms with Crippen LogP contribution < -0.4 is 0 Å². The van der Waals surface area contributed by atoms with Crippen molar-refractivity contribution in [3.05, 3.63) is 0 Å². The lowest BCUT2D eigenvalue weighted by Gasteiger charge is -2.32. The van der Waals surface area contributed by atoms with Gasteiger partial charge in [-0.2, -0.15) is 0 Å². The van der Waals surface area contributed by atoms with Crippen molar-refractivity contribution in [2.45, 2.75) is 50.1 Å². The summed E-state index contributed by atoms with van der Waals surface area (Å²) in [6, 6.07) is 0. The van der Waals surface area contributed by atoms with Crippen molar-refractivity contribution in [1.82, 2.24) is 4.90 Å². The Morgan fingerprint density at radius 3 is 1.10 bits per heavy atom. The first-order chi connectivity index (χ1) is 19.4. The van der Waals surface area contributed by atoms with Crippen molar-refractivity contribution < 1.29 is 64.6 Å². The number of carbonyl (C=O) groups is 1. The van der Waals surface area contributed by atoms with E-state index in [1.165, 1.54) is 0 Å². The van der Waals surface area contributed by atoms with Crippen molar-refractivity contribution in [2.24, 2.45) is 11.8 Å². The highest BCUT2D eigenvalue weighted by molar-refractivity contribution is 5.48. The maximum absolute atomic E-state index is 10.7. The fourth-order valence-corrected chi connectivity index (χ4v) is 3.78. The molecule has 0 aliphatic carbocycles. The van der Waals surface area contributed by atoms with Crippen LogP contribution in [0.1, 0.15) is 25.7 Å². The Labute approximate surface area is 237 Å². The minimum absolute atomic E-state index is 0.114. The van der Waals surface area contributed by atoms with E-state index in [0.717, 1.165) is 25.5 Å². The molecule has 40 heavy (non-hydrogen) atoms. The van der Waals surface area contributed by atoms with Gasteiger partial charge in [0.05, 0.1) is 79.3 Å². The maximum atomic E-state index is 10.7. The minimum Gasteiger partial charge on any atom is -0.394 e. The quantitative estimate of drug-likeness (QED) is 0.0306. The summed E-state index contributed by atoms with van der Waals surface area (Å²) in [6.45, 7) is -1.05. The Morgan fingerprint density at radius 1 is 0.500 bits per heavy atom. The topological polar surface area (TPSA) is 219 Å². The second-order valence-corrected chi connectivity index (χ2v) is 9.79. The van der Waals surface area contributed by atoms with E-state index in [9.17, 15) is 45.6 Å². The predicted octanol–water partition coefficient (Wildman–Crippen LogP) is -3.24. The summed E-state index contributed by atoms with van der Waals surface area (Å²) in [6.07, 6.45) is 0.575. The van der Waals surface area contributed by atoms with Crippen LogP contribution in [-0.2, 0) is 23.7 Å². The molecule has 14 nitrogen and oxygen atoms in total. The Bertz CT molecular complexity index is 477. The van der Waals surface area contributed by atoms with Gasteiger partial charge in [0.2, 0.25) is 0 Å². The average molecular weight is 588 g/mol. The molecule has 0 rings (SSSR count). The van der Waals surface area contributed by atoms with Gasteiger partial charge in [0, 0.05) is 31.3 Å². The standard InChI is InChI=1S/C26H53NO13/c28-6-4-2-1-3-5-27(7-21(17-37-23(9-29)10-30)18-38-24(11-31)12-32)8-22(19-39-25(13-33)14-34)20-40-26(15-35)16-36/h6,21-26,29-36H,1-5,7-20H2. The molecule has 0 amide bonds. The van der Waals surface area contributed by atoms with Crippen molar-refractivity contribution >= 4 is 6.29 Å². The summed E-state index contributed by atoms with van der Waals surface area (Å²) >= 11 is 0. The van der Waals surface area contributed by atoms with E-state index < -0.39 is 24.4 Å². The number of unbranched alkanes of at least 4 members (excludes halogenated alkanes) is 3. The zero-order valence-electron chi connectivity index (χ0n) is 23.5. The van der Waals surface area contributed by atoms with E-state index in [-0.39, 0.29) is 91.1 Å². The molecule has 0 aliphatic heterocycles. The highest BCUT2D eigenvalue weighted by atomic mass is 16.5. The molecule has 14 heteroatoms. The van der Waals surface area contributed by atoms with Crippen LogP contribution >= 0.6 is 0 Å². The second-order valence-electron chi connectivity index (χ2n) is 9.79. The molecular formula is C26H53NO13. The molecule has 240 valence electrons. The van der Waals surface area contributed by atoms with Gasteiger partial charge in [0.1, 0.15) is 30.7 Å². The summed E-state index contributed by atoms with van der Waals surface area (Å²) in [5.74, 6) is -0.576. The lowest BCUT2D eigenvalue weighted by molar-refractivity contribution is -0.107. The first-order valence-corrected chi connectivity index (χ1v) is 13.9. The lowest BCUT2D eigenvalue weighted by Crippen LogP contribution is -2.42. The zero-order chi connectivity index (χ0) is 30.0. The van der Waals surface area contributed by atoms with Gasteiger partial charge in [-0.3, -0.25) is 0 Å². The molecule has 0 heterocycles. The highest BCUT2D eigenvalue weighted by Gasteiger charge is 2.23. The number of hydrogen-bond donors (Lipinski definition) is 8. The Kier molecular flexibility index (Phi) is 26.4. The number of hydrogen-bond acceptors (Lipinski definition) is 14. The number of carbonyl (C=O) groups excluding carboxylic acids is 1. The van der Waals surface area contributed by atoms with Crippen molar-refractivity contribution in [1.29, 1.82) is 0 Å². The van der Waals surface area contributed by atoms with Gasteiger partial charge < -0.3 is 69.5 Å². The van der Waals surface area contributed by atoms with Crippen LogP contribution in [0.2, 0.25) is 0 Å². The largest absolute Gasteiger partial charge is 0.394 e. The smallest absolute Gasteiger partial charge is 0.119 e. The summed E-state index contributed by atoms with van der Waals surface area (Å²) in [4.78, 5) is 12.8. The van der Waals surface area contributed by atoms with Crippen molar-refractivity contribution in [2.75, 3.05) is 98.9 Å². The molecule has 0 aromatic carbocycles. The van der Waals surface area contributed by atoms with Gasteiger partial charge >= 0.3 is 0 Å². The third-order valence-electron chi connectivity index (χ3n) is 6.23. The average Bonchev–Trinajstić information content (AvgIpc) is 2.98. The number of aliphatic hydroxyl groups is 8. The van der Waals surface area contributed by atoms with E-state index in [4.69, 9.17) is 18.9 Å². The predicted molar refractivity (Wildman–Crippen MR) is 144 cm³/mol. The molecule has 8 N–H and O–H groups in total. The van der Waals surface area contributed by atoms with Crippen LogP contribution in [0, 0.1) is 11.8 Å². The summed E-state index contributed by atoms with van der Waals surface area (Å²) < 4.78 is 22.6. The first-order valence-electron chi connectivity index (χ1n) is 13.9. The summed E-state index contributed by atoms with van der Waals surface area (Å²) in [5, 5.41) is 75.1. The second kappa shape index (κ2) is 27.0. The fraction of sp³-hybridized carbons (Fsp3) is 0.962. The van der Waals surface area contributed by atoms with Gasteiger partial charge in [0.25, 0.3) is 0 Å². The van der Waals surface area contributed by atoms with Crippen molar-refractivity contribution in [3.8, 4) is 0 Å². The Balaban J connectivity index is 5.67. The number of aliphatic hydroxyl groups excluding tert-OH is 8. The van der Waals surface area contributed by atoms with Crippen LogP contribution in [-0.4, -0.2) is 175 Å². The van der Waals surface area contributed by atoms with Crippen molar-refractivity contribution in [3.63, 3.8) is 0 Å². The fourth-order valence-electron chi connectivity index (χ4n) is 3.78. The minimum atomic E-state index is -0.775. The van der Waals surface area contributed by atoms with E-state index >= 15 is 0 Å². The molecule has 0 aliphatic rings. The molecule has 0 aromatic heterocycles. The summed E-state index contributed by atoms with van der Waals surface area (Å²) in [5.41, 5.74) is 0. The normalized spacial score (nSPS) is 12.5. The van der Waals surface area contributed by atoms with E-state index in [0.29, 0.717) is 26.1 Å². The van der Waals surface area contributed by atoms with Gasteiger partial charge in [-0.1, -0.05) is 6.42 Å². The third-order valence-corrected chi connectivity index (χ3v) is 6.23. The molecule has 0 bridgehead atoms. The van der Waals surface area contributed by atoms with Gasteiger partial charge in [-0.05, 0) is 19.4 Å². The maximum Gasteiger partial charge on any atom is 0.119 e. The van der Waals surface area contributed by atoms with Gasteiger partial charge in [-0.15, -0.1) is 0 Å².